The number of Topliss-reactive ketones (excluding diaryl/α,β-unsaturated/α-hetero) is 1. The lowest BCUT2D eigenvalue weighted by Gasteiger charge is -2.36. The van der Waals surface area contributed by atoms with Gasteiger partial charge in [0.2, 0.25) is 0 Å². The number of rotatable bonds is 8. The number of anilines is 1. The number of carbonyl (C=O) groups excluding carboxylic acids is 2. The van der Waals surface area contributed by atoms with Gasteiger partial charge in [-0.15, -0.1) is 0 Å². The van der Waals surface area contributed by atoms with Crippen molar-refractivity contribution in [1.29, 1.82) is 0 Å². The SMILES string of the molecule is CC1=C(C(=O)OCCOc2ccccc2)[C@H](c2ccc(N(C)C)cc2)C2=C(C[C@H](c3ccccc3)CC2=O)N1. The van der Waals surface area contributed by atoms with Crippen molar-refractivity contribution in [3.8, 4) is 5.75 Å². The van der Waals surface area contributed by atoms with Gasteiger partial charge in [0.05, 0.1) is 5.57 Å². The van der Waals surface area contributed by atoms with Gasteiger partial charge in [-0.1, -0.05) is 60.7 Å². The molecule has 0 fully saturated rings. The standard InChI is InChI=1S/C33H34N2O4/c1-22-30(33(37)39-19-18-38-27-12-8-5-9-13-27)31(24-14-16-26(17-15-24)35(2)3)32-28(34-22)20-25(21-29(32)36)23-10-6-4-7-11-23/h4-17,25,31,34H,18-21H2,1-3H3/t25-,31-/m0/s1. The van der Waals surface area contributed by atoms with Crippen LogP contribution in [0.1, 0.15) is 42.7 Å². The number of hydrogen-bond donors (Lipinski definition) is 1. The van der Waals surface area contributed by atoms with Crippen LogP contribution in [0.2, 0.25) is 0 Å². The van der Waals surface area contributed by atoms with E-state index in [9.17, 15) is 9.59 Å². The maximum Gasteiger partial charge on any atom is 0.336 e. The van der Waals surface area contributed by atoms with Gasteiger partial charge in [0, 0.05) is 49.1 Å². The Morgan fingerprint density at radius 3 is 2.21 bits per heavy atom. The third-order valence-corrected chi connectivity index (χ3v) is 7.39. The summed E-state index contributed by atoms with van der Waals surface area (Å²) in [4.78, 5) is 29.3. The smallest absolute Gasteiger partial charge is 0.336 e. The molecule has 3 aromatic carbocycles. The Labute approximate surface area is 229 Å². The van der Waals surface area contributed by atoms with Crippen LogP contribution in [0.4, 0.5) is 5.69 Å². The Morgan fingerprint density at radius 1 is 0.872 bits per heavy atom. The highest BCUT2D eigenvalue weighted by Crippen LogP contribution is 2.45. The maximum absolute atomic E-state index is 13.8. The molecule has 0 spiro atoms. The molecule has 0 radical (unpaired) electrons. The molecule has 6 heteroatoms. The van der Waals surface area contributed by atoms with E-state index in [4.69, 9.17) is 9.47 Å². The molecule has 2 aliphatic rings. The summed E-state index contributed by atoms with van der Waals surface area (Å²) in [7, 11) is 3.97. The number of ether oxygens (including phenoxy) is 2. The first-order valence-corrected chi connectivity index (χ1v) is 13.3. The zero-order valence-electron chi connectivity index (χ0n) is 22.6. The molecule has 39 heavy (non-hydrogen) atoms. The zero-order valence-corrected chi connectivity index (χ0v) is 22.6. The average molecular weight is 523 g/mol. The lowest BCUT2D eigenvalue weighted by atomic mass is 9.71. The summed E-state index contributed by atoms with van der Waals surface area (Å²) < 4.78 is 11.4. The number of carbonyl (C=O) groups is 2. The average Bonchev–Trinajstić information content (AvgIpc) is 2.95. The van der Waals surface area contributed by atoms with E-state index in [-0.39, 0.29) is 24.9 Å². The minimum atomic E-state index is -0.496. The van der Waals surface area contributed by atoms with Crippen LogP contribution >= 0.6 is 0 Å². The van der Waals surface area contributed by atoms with E-state index in [0.717, 1.165) is 28.3 Å². The van der Waals surface area contributed by atoms with E-state index in [1.807, 2.05) is 98.7 Å². The molecule has 1 N–H and O–H groups in total. The summed E-state index contributed by atoms with van der Waals surface area (Å²) in [6.45, 7) is 2.23. The molecule has 0 bridgehead atoms. The number of nitrogens with zero attached hydrogens (tertiary/aromatic N) is 1. The fourth-order valence-electron chi connectivity index (χ4n) is 5.46. The quantitative estimate of drug-likeness (QED) is 0.301. The first-order chi connectivity index (χ1) is 18.9. The maximum atomic E-state index is 13.8. The molecule has 6 nitrogen and oxygen atoms in total. The predicted octanol–water partition coefficient (Wildman–Crippen LogP) is 5.74. The minimum Gasteiger partial charge on any atom is -0.490 e. The van der Waals surface area contributed by atoms with E-state index in [2.05, 4.69) is 17.4 Å². The number of para-hydroxylation sites is 1. The van der Waals surface area contributed by atoms with Crippen molar-refractivity contribution in [2.45, 2.75) is 31.6 Å². The zero-order chi connectivity index (χ0) is 27.4. The molecule has 2 atom stereocenters. The lowest BCUT2D eigenvalue weighted by Crippen LogP contribution is -2.36. The van der Waals surface area contributed by atoms with Crippen LogP contribution in [0.25, 0.3) is 0 Å². The molecular weight excluding hydrogens is 488 g/mol. The van der Waals surface area contributed by atoms with E-state index in [1.54, 1.807) is 0 Å². The first kappa shape index (κ1) is 26.3. The van der Waals surface area contributed by atoms with Gasteiger partial charge in [0.15, 0.2) is 5.78 Å². The van der Waals surface area contributed by atoms with Gasteiger partial charge in [-0.2, -0.15) is 0 Å². The minimum absolute atomic E-state index is 0.0597. The highest BCUT2D eigenvalue weighted by atomic mass is 16.6. The number of nitrogens with one attached hydrogen (secondary N) is 1. The third kappa shape index (κ3) is 5.75. The van der Waals surface area contributed by atoms with E-state index in [1.165, 1.54) is 0 Å². The molecule has 0 saturated heterocycles. The second kappa shape index (κ2) is 11.6. The second-order valence-corrected chi connectivity index (χ2v) is 10.2. The third-order valence-electron chi connectivity index (χ3n) is 7.39. The van der Waals surface area contributed by atoms with Crippen molar-refractivity contribution in [2.24, 2.45) is 0 Å². The van der Waals surface area contributed by atoms with Gasteiger partial charge in [0.1, 0.15) is 19.0 Å². The first-order valence-electron chi connectivity index (χ1n) is 13.3. The molecule has 200 valence electrons. The van der Waals surface area contributed by atoms with E-state index >= 15 is 0 Å². The summed E-state index contributed by atoms with van der Waals surface area (Å²) >= 11 is 0. The van der Waals surface area contributed by atoms with Crippen molar-refractivity contribution >= 4 is 17.4 Å². The fourth-order valence-corrected chi connectivity index (χ4v) is 5.46. The summed E-state index contributed by atoms with van der Waals surface area (Å²) in [6, 6.07) is 27.6. The van der Waals surface area contributed by atoms with Gasteiger partial charge in [0.25, 0.3) is 0 Å². The number of esters is 1. The summed E-state index contributed by atoms with van der Waals surface area (Å²) in [5.41, 5.74) is 5.83. The van der Waals surface area contributed by atoms with Crippen molar-refractivity contribution in [2.75, 3.05) is 32.2 Å². The number of dihydropyridines is 1. The van der Waals surface area contributed by atoms with Gasteiger partial charge in [-0.25, -0.2) is 4.79 Å². The van der Waals surface area contributed by atoms with Gasteiger partial charge < -0.3 is 19.7 Å². The van der Waals surface area contributed by atoms with E-state index in [0.29, 0.717) is 29.7 Å². The Kier molecular flexibility index (Phi) is 7.82. The number of allylic oxidation sites excluding steroid dienone is 3. The molecule has 1 heterocycles. The molecular formula is C33H34N2O4. The Balaban J connectivity index is 1.43. The van der Waals surface area contributed by atoms with E-state index < -0.39 is 11.9 Å². The van der Waals surface area contributed by atoms with Gasteiger partial charge in [-0.05, 0) is 54.7 Å². The molecule has 0 unspecified atom stereocenters. The van der Waals surface area contributed by atoms with Crippen LogP contribution < -0.4 is 15.0 Å². The second-order valence-electron chi connectivity index (χ2n) is 10.2. The molecule has 3 aromatic rings. The molecule has 1 aliphatic heterocycles. The van der Waals surface area contributed by atoms with Crippen molar-refractivity contribution in [1.82, 2.24) is 5.32 Å². The Morgan fingerprint density at radius 2 is 1.54 bits per heavy atom. The molecule has 0 aromatic heterocycles. The van der Waals surface area contributed by atoms with Gasteiger partial charge >= 0.3 is 5.97 Å². The highest BCUT2D eigenvalue weighted by Gasteiger charge is 2.41. The fraction of sp³-hybridized carbons (Fsp3) is 0.273. The molecule has 0 amide bonds. The van der Waals surface area contributed by atoms with Crippen LogP contribution in [0.15, 0.2) is 107 Å². The van der Waals surface area contributed by atoms with Gasteiger partial charge in [-0.3, -0.25) is 4.79 Å². The monoisotopic (exact) mass is 522 g/mol. The summed E-state index contributed by atoms with van der Waals surface area (Å²) in [6.07, 6.45) is 1.12. The van der Waals surface area contributed by atoms with Crippen LogP contribution in [0.3, 0.4) is 0 Å². The topological polar surface area (TPSA) is 67.9 Å². The number of benzene rings is 3. The summed E-state index contributed by atoms with van der Waals surface area (Å²) in [5.74, 6) is -0.0625. The Bertz CT molecular complexity index is 1390. The number of ketones is 1. The van der Waals surface area contributed by atoms with Crippen molar-refractivity contribution in [3.63, 3.8) is 0 Å². The molecule has 5 rings (SSSR count). The lowest BCUT2D eigenvalue weighted by molar-refractivity contribution is -0.140. The summed E-state index contributed by atoms with van der Waals surface area (Å²) in [5, 5.41) is 3.42. The number of hydrogen-bond acceptors (Lipinski definition) is 6. The predicted molar refractivity (Wildman–Crippen MR) is 153 cm³/mol. The molecule has 1 aliphatic carbocycles. The normalized spacial score (nSPS) is 18.8. The highest BCUT2D eigenvalue weighted by molar-refractivity contribution is 6.04. The van der Waals surface area contributed by atoms with Crippen LogP contribution in [0.5, 0.6) is 5.75 Å². The largest absolute Gasteiger partial charge is 0.490 e. The van der Waals surface area contributed by atoms with Crippen molar-refractivity contribution in [3.05, 3.63) is 119 Å². The Hall–Kier alpha value is -4.32. The van der Waals surface area contributed by atoms with Crippen LogP contribution in [-0.4, -0.2) is 39.1 Å². The van der Waals surface area contributed by atoms with Crippen LogP contribution in [0, 0.1) is 0 Å². The van der Waals surface area contributed by atoms with Crippen LogP contribution in [-0.2, 0) is 14.3 Å². The van der Waals surface area contributed by atoms with Crippen molar-refractivity contribution < 1.29 is 19.1 Å². The molecule has 0 saturated carbocycles.